The van der Waals surface area contributed by atoms with E-state index < -0.39 is 0 Å². The molecular formula is C38H36O2. The van der Waals surface area contributed by atoms with Crippen LogP contribution in [0.4, 0.5) is 0 Å². The SMILES string of the molecule is CCCc1ccccc1-c1c2ccccc2c(-c2ccccc2CCC)c2c(OC)c3ccccc3c(OC)c12. The molecule has 6 rings (SSSR count). The zero-order valence-corrected chi connectivity index (χ0v) is 23.9. The smallest absolute Gasteiger partial charge is 0.135 e. The van der Waals surface area contributed by atoms with Crippen LogP contribution in [0.3, 0.4) is 0 Å². The number of hydrogen-bond donors (Lipinski definition) is 0. The second-order valence-electron chi connectivity index (χ2n) is 10.5. The number of rotatable bonds is 8. The summed E-state index contributed by atoms with van der Waals surface area (Å²) in [6.45, 7) is 4.50. The second-order valence-corrected chi connectivity index (χ2v) is 10.5. The van der Waals surface area contributed by atoms with Gasteiger partial charge in [0.1, 0.15) is 11.5 Å². The van der Waals surface area contributed by atoms with E-state index in [0.717, 1.165) is 58.7 Å². The largest absolute Gasteiger partial charge is 0.495 e. The highest BCUT2D eigenvalue weighted by Gasteiger charge is 2.26. The van der Waals surface area contributed by atoms with Gasteiger partial charge in [0.15, 0.2) is 0 Å². The van der Waals surface area contributed by atoms with Gasteiger partial charge in [-0.05, 0) is 45.9 Å². The molecule has 0 atom stereocenters. The molecule has 0 heterocycles. The van der Waals surface area contributed by atoms with Crippen molar-refractivity contribution in [3.05, 3.63) is 108 Å². The zero-order chi connectivity index (χ0) is 27.6. The van der Waals surface area contributed by atoms with Gasteiger partial charge in [-0.15, -0.1) is 0 Å². The van der Waals surface area contributed by atoms with Crippen molar-refractivity contribution in [1.82, 2.24) is 0 Å². The maximum atomic E-state index is 6.36. The lowest BCUT2D eigenvalue weighted by atomic mass is 9.81. The average molecular weight is 525 g/mol. The monoisotopic (exact) mass is 524 g/mol. The summed E-state index contributed by atoms with van der Waals surface area (Å²) in [7, 11) is 3.60. The molecule has 0 unspecified atom stereocenters. The number of hydrogen-bond acceptors (Lipinski definition) is 2. The molecule has 0 saturated carbocycles. The van der Waals surface area contributed by atoms with Crippen molar-refractivity contribution in [2.45, 2.75) is 39.5 Å². The molecule has 6 aromatic rings. The Morgan fingerprint density at radius 2 is 0.800 bits per heavy atom. The Balaban J connectivity index is 1.96. The van der Waals surface area contributed by atoms with Crippen LogP contribution in [-0.2, 0) is 12.8 Å². The normalized spacial score (nSPS) is 11.4. The first-order chi connectivity index (χ1) is 19.7. The van der Waals surface area contributed by atoms with Crippen molar-refractivity contribution >= 4 is 32.3 Å². The molecule has 0 bridgehead atoms. The van der Waals surface area contributed by atoms with E-state index in [0.29, 0.717) is 0 Å². The standard InChI is InChI=1S/C38H36O2/c1-5-15-25-17-7-9-19-27(25)33-29-21-11-12-22-30(29)34(28-20-10-8-18-26(28)16-6-2)36-35(33)37(39-3)31-23-13-14-24-32(31)38(36)40-4/h7-14,17-24H,5-6,15-16H2,1-4H3. The lowest BCUT2D eigenvalue weighted by Gasteiger charge is -2.25. The van der Waals surface area contributed by atoms with E-state index in [1.54, 1.807) is 14.2 Å². The van der Waals surface area contributed by atoms with Crippen LogP contribution in [-0.4, -0.2) is 14.2 Å². The molecule has 2 nitrogen and oxygen atoms in total. The summed E-state index contributed by atoms with van der Waals surface area (Å²) in [4.78, 5) is 0. The molecular weight excluding hydrogens is 488 g/mol. The molecule has 6 aromatic carbocycles. The molecule has 0 spiro atoms. The van der Waals surface area contributed by atoms with Crippen LogP contribution >= 0.6 is 0 Å². The summed E-state index contributed by atoms with van der Waals surface area (Å²) in [5.74, 6) is 1.79. The maximum absolute atomic E-state index is 6.36. The van der Waals surface area contributed by atoms with Crippen molar-refractivity contribution in [2.75, 3.05) is 14.2 Å². The van der Waals surface area contributed by atoms with Gasteiger partial charge in [-0.2, -0.15) is 0 Å². The quantitative estimate of drug-likeness (QED) is 0.184. The van der Waals surface area contributed by atoms with Crippen molar-refractivity contribution in [2.24, 2.45) is 0 Å². The minimum absolute atomic E-state index is 0.896. The first-order valence-corrected chi connectivity index (χ1v) is 14.4. The minimum Gasteiger partial charge on any atom is -0.495 e. The third-order valence-electron chi connectivity index (χ3n) is 8.11. The molecule has 200 valence electrons. The van der Waals surface area contributed by atoms with E-state index in [4.69, 9.17) is 9.47 Å². The molecule has 0 saturated heterocycles. The first kappa shape index (κ1) is 26.0. The molecule has 0 N–H and O–H groups in total. The summed E-state index contributed by atoms with van der Waals surface area (Å²) in [6, 6.07) is 35.1. The zero-order valence-electron chi connectivity index (χ0n) is 23.9. The minimum atomic E-state index is 0.896. The molecule has 0 radical (unpaired) electrons. The van der Waals surface area contributed by atoms with Crippen molar-refractivity contribution < 1.29 is 9.47 Å². The Kier molecular flexibility index (Phi) is 7.17. The van der Waals surface area contributed by atoms with E-state index in [1.807, 2.05) is 0 Å². The predicted molar refractivity (Wildman–Crippen MR) is 171 cm³/mol. The molecule has 0 aliphatic carbocycles. The van der Waals surface area contributed by atoms with E-state index in [1.165, 1.54) is 44.2 Å². The number of fused-ring (bicyclic) bond motifs is 3. The van der Waals surface area contributed by atoms with Crippen molar-refractivity contribution in [3.63, 3.8) is 0 Å². The second kappa shape index (κ2) is 11.1. The van der Waals surface area contributed by atoms with E-state index >= 15 is 0 Å². The fraction of sp³-hybridized carbons (Fsp3) is 0.211. The van der Waals surface area contributed by atoms with Crippen molar-refractivity contribution in [3.8, 4) is 33.8 Å². The fourth-order valence-electron chi connectivity index (χ4n) is 6.53. The number of methoxy groups -OCH3 is 2. The lowest BCUT2D eigenvalue weighted by molar-refractivity contribution is 0.418. The topological polar surface area (TPSA) is 18.5 Å². The summed E-state index contributed by atoms with van der Waals surface area (Å²) in [6.07, 6.45) is 4.19. The van der Waals surface area contributed by atoms with Gasteiger partial charge in [-0.1, -0.05) is 124 Å². The van der Waals surface area contributed by atoms with E-state index in [2.05, 4.69) is 111 Å². The Bertz CT molecular complexity index is 1710. The third-order valence-corrected chi connectivity index (χ3v) is 8.11. The Labute approximate surface area is 237 Å². The van der Waals surface area contributed by atoms with Gasteiger partial charge in [-0.3, -0.25) is 0 Å². The van der Waals surface area contributed by atoms with Crippen LogP contribution < -0.4 is 9.47 Å². The van der Waals surface area contributed by atoms with Gasteiger partial charge in [0, 0.05) is 32.7 Å². The predicted octanol–water partition coefficient (Wildman–Crippen LogP) is 10.4. The van der Waals surface area contributed by atoms with Gasteiger partial charge in [0.05, 0.1) is 14.2 Å². The molecule has 40 heavy (non-hydrogen) atoms. The number of ether oxygens (including phenoxy) is 2. The lowest BCUT2D eigenvalue weighted by Crippen LogP contribution is -2.00. The average Bonchev–Trinajstić information content (AvgIpc) is 3.00. The summed E-state index contributed by atoms with van der Waals surface area (Å²) >= 11 is 0. The van der Waals surface area contributed by atoms with E-state index in [9.17, 15) is 0 Å². The van der Waals surface area contributed by atoms with Crippen LogP contribution in [0.25, 0.3) is 54.6 Å². The molecule has 2 heteroatoms. The van der Waals surface area contributed by atoms with E-state index in [-0.39, 0.29) is 0 Å². The first-order valence-electron chi connectivity index (χ1n) is 14.4. The molecule has 0 fully saturated rings. The van der Waals surface area contributed by atoms with Gasteiger partial charge in [-0.25, -0.2) is 0 Å². The molecule has 0 aliphatic rings. The van der Waals surface area contributed by atoms with Crippen LogP contribution in [0, 0.1) is 0 Å². The molecule has 0 amide bonds. The Morgan fingerprint density at radius 3 is 1.18 bits per heavy atom. The number of aryl methyl sites for hydroxylation is 2. The third kappa shape index (κ3) is 4.10. The van der Waals surface area contributed by atoms with Crippen LogP contribution in [0.1, 0.15) is 37.8 Å². The van der Waals surface area contributed by atoms with Gasteiger partial charge in [0.25, 0.3) is 0 Å². The fourth-order valence-corrected chi connectivity index (χ4v) is 6.53. The van der Waals surface area contributed by atoms with Crippen LogP contribution in [0.2, 0.25) is 0 Å². The summed E-state index contributed by atoms with van der Waals surface area (Å²) in [5, 5.41) is 6.81. The molecule has 0 aliphatic heterocycles. The highest BCUT2D eigenvalue weighted by molar-refractivity contribution is 6.29. The Morgan fingerprint density at radius 1 is 0.450 bits per heavy atom. The maximum Gasteiger partial charge on any atom is 0.135 e. The van der Waals surface area contributed by atoms with Gasteiger partial charge < -0.3 is 9.47 Å². The number of benzene rings is 6. The van der Waals surface area contributed by atoms with Crippen molar-refractivity contribution in [1.29, 1.82) is 0 Å². The van der Waals surface area contributed by atoms with Crippen LogP contribution in [0.5, 0.6) is 11.5 Å². The van der Waals surface area contributed by atoms with Crippen LogP contribution in [0.15, 0.2) is 97.1 Å². The highest BCUT2D eigenvalue weighted by Crippen LogP contribution is 2.54. The summed E-state index contributed by atoms with van der Waals surface area (Å²) in [5.41, 5.74) is 7.65. The van der Waals surface area contributed by atoms with Gasteiger partial charge >= 0.3 is 0 Å². The highest BCUT2D eigenvalue weighted by atomic mass is 16.5. The Hall–Kier alpha value is -4.30. The molecule has 0 aromatic heterocycles. The van der Waals surface area contributed by atoms with Gasteiger partial charge in [0.2, 0.25) is 0 Å². The summed E-state index contributed by atoms with van der Waals surface area (Å²) < 4.78 is 12.7.